The van der Waals surface area contributed by atoms with Crippen molar-refractivity contribution in [1.82, 2.24) is 5.32 Å². The molecule has 1 heterocycles. The Kier molecular flexibility index (Phi) is 38.3. The van der Waals surface area contributed by atoms with E-state index in [1.807, 2.05) is 0 Å². The molecule has 61 heavy (non-hydrogen) atoms. The monoisotopic (exact) mass is 872 g/mol. The Morgan fingerprint density at radius 2 is 0.951 bits per heavy atom. The molecular formula is C50H97NO10. The summed E-state index contributed by atoms with van der Waals surface area (Å²) >= 11 is 0. The van der Waals surface area contributed by atoms with Gasteiger partial charge in [-0.3, -0.25) is 4.79 Å². The molecule has 11 nitrogen and oxygen atoms in total. The van der Waals surface area contributed by atoms with Crippen LogP contribution in [0.2, 0.25) is 0 Å². The highest BCUT2D eigenvalue weighted by Gasteiger charge is 2.44. The first-order valence-corrected chi connectivity index (χ1v) is 25.6. The molecule has 362 valence electrons. The van der Waals surface area contributed by atoms with Crippen LogP contribution in [0.15, 0.2) is 12.2 Å². The van der Waals surface area contributed by atoms with Gasteiger partial charge in [0.05, 0.1) is 25.4 Å². The summed E-state index contributed by atoms with van der Waals surface area (Å²) in [7, 11) is 0. The Hall–Kier alpha value is -1.15. The fourth-order valence-electron chi connectivity index (χ4n) is 8.32. The molecule has 0 radical (unpaired) electrons. The molecule has 11 heteroatoms. The highest BCUT2D eigenvalue weighted by molar-refractivity contribution is 5.80. The van der Waals surface area contributed by atoms with Crippen LogP contribution in [0.5, 0.6) is 0 Å². The summed E-state index contributed by atoms with van der Waals surface area (Å²) < 4.78 is 11.1. The van der Waals surface area contributed by atoms with Gasteiger partial charge in [-0.1, -0.05) is 206 Å². The number of ether oxygens (including phenoxy) is 2. The van der Waals surface area contributed by atoms with Crippen LogP contribution in [0.25, 0.3) is 0 Å². The SMILES string of the molecule is CCCCCCCCC/C=C/CCCCCCCCCCCCC[C@H](O)C(=O)N[C@H](CO[C@@H]1O[C@H](CO)[C@@H](O)[C@H](O)[C@H]1O)[C@H](O)[C@@H](O)CCCCCCCCCCCCCC. The summed E-state index contributed by atoms with van der Waals surface area (Å²) in [6.07, 6.45) is 32.6. The maximum Gasteiger partial charge on any atom is 0.249 e. The number of carbonyl (C=O) groups excluding carboxylic acids is 1. The van der Waals surface area contributed by atoms with E-state index in [0.717, 1.165) is 38.5 Å². The minimum Gasteiger partial charge on any atom is -0.394 e. The number of hydrogen-bond acceptors (Lipinski definition) is 10. The second-order valence-corrected chi connectivity index (χ2v) is 18.2. The number of amides is 1. The standard InChI is InChI=1S/C50H97NO10/c1-3-5-7-9-11-13-15-17-18-19-20-21-22-23-24-25-26-28-30-32-34-36-38-43(54)49(59)51-41(40-60-50-48(58)47(57)46(56)44(39-52)61-50)45(55)42(53)37-35-33-31-29-27-16-14-12-10-8-6-4-2/h18-19,41-48,50,52-58H,3-17,20-40H2,1-2H3,(H,51,59)/b19-18+/t41-,42+,43+,44-,45+,46-,47+,48-,50-/m1/s1. The molecule has 0 aromatic carbocycles. The Balaban J connectivity index is 2.34. The van der Waals surface area contributed by atoms with Crippen LogP contribution >= 0.6 is 0 Å². The number of hydrogen-bond donors (Lipinski definition) is 8. The van der Waals surface area contributed by atoms with E-state index in [9.17, 15) is 40.5 Å². The fraction of sp³-hybridized carbons (Fsp3) is 0.940. The van der Waals surface area contributed by atoms with Crippen LogP contribution in [0, 0.1) is 0 Å². The Morgan fingerprint density at radius 1 is 0.557 bits per heavy atom. The lowest BCUT2D eigenvalue weighted by Gasteiger charge is -2.40. The molecule has 1 rings (SSSR count). The molecule has 0 saturated carbocycles. The van der Waals surface area contributed by atoms with Crippen LogP contribution in [0.4, 0.5) is 0 Å². The molecule has 1 saturated heterocycles. The molecule has 0 unspecified atom stereocenters. The summed E-state index contributed by atoms with van der Waals surface area (Å²) in [5.41, 5.74) is 0. The van der Waals surface area contributed by atoms with E-state index in [2.05, 4.69) is 31.3 Å². The van der Waals surface area contributed by atoms with Gasteiger partial charge < -0.3 is 50.5 Å². The van der Waals surface area contributed by atoms with Crippen molar-refractivity contribution < 1.29 is 50.0 Å². The average Bonchev–Trinajstić information content (AvgIpc) is 3.26. The quantitative estimate of drug-likeness (QED) is 0.0217. The minimum atomic E-state index is -1.66. The van der Waals surface area contributed by atoms with Crippen LogP contribution in [0.3, 0.4) is 0 Å². The van der Waals surface area contributed by atoms with E-state index in [1.165, 1.54) is 154 Å². The normalized spacial score (nSPS) is 21.5. The van der Waals surface area contributed by atoms with Gasteiger partial charge in [0.25, 0.3) is 0 Å². The van der Waals surface area contributed by atoms with Crippen molar-refractivity contribution in [2.45, 2.75) is 287 Å². The smallest absolute Gasteiger partial charge is 0.249 e. The molecule has 0 bridgehead atoms. The summed E-state index contributed by atoms with van der Waals surface area (Å²) in [5, 5.41) is 75.8. The van der Waals surface area contributed by atoms with E-state index in [0.29, 0.717) is 19.3 Å². The van der Waals surface area contributed by atoms with Crippen LogP contribution < -0.4 is 5.32 Å². The van der Waals surface area contributed by atoms with E-state index in [-0.39, 0.29) is 6.42 Å². The van der Waals surface area contributed by atoms with Crippen LogP contribution in [-0.4, -0.2) is 110 Å². The molecule has 0 aromatic heterocycles. The fourth-order valence-corrected chi connectivity index (χ4v) is 8.32. The van der Waals surface area contributed by atoms with Gasteiger partial charge in [-0.25, -0.2) is 0 Å². The van der Waals surface area contributed by atoms with Gasteiger partial charge in [0.15, 0.2) is 6.29 Å². The largest absolute Gasteiger partial charge is 0.394 e. The first kappa shape index (κ1) is 57.9. The summed E-state index contributed by atoms with van der Waals surface area (Å²) in [6, 6.07) is -1.16. The topological polar surface area (TPSA) is 189 Å². The van der Waals surface area contributed by atoms with Gasteiger partial charge in [-0.15, -0.1) is 0 Å². The van der Waals surface area contributed by atoms with Crippen molar-refractivity contribution in [2.24, 2.45) is 0 Å². The van der Waals surface area contributed by atoms with Crippen molar-refractivity contribution in [3.63, 3.8) is 0 Å². The number of rotatable bonds is 43. The summed E-state index contributed by atoms with van der Waals surface area (Å²) in [5.74, 6) is -0.696. The first-order chi connectivity index (χ1) is 29.7. The number of aliphatic hydroxyl groups is 7. The number of allylic oxidation sites excluding steroid dienone is 2. The van der Waals surface area contributed by atoms with Gasteiger partial charge >= 0.3 is 0 Å². The van der Waals surface area contributed by atoms with Crippen LogP contribution in [0.1, 0.15) is 232 Å². The second-order valence-electron chi connectivity index (χ2n) is 18.2. The zero-order valence-corrected chi connectivity index (χ0v) is 39.2. The minimum absolute atomic E-state index is 0.262. The molecule has 1 amide bonds. The third-order valence-corrected chi connectivity index (χ3v) is 12.6. The molecular weight excluding hydrogens is 775 g/mol. The number of nitrogens with one attached hydrogen (secondary N) is 1. The maximum atomic E-state index is 13.1. The Morgan fingerprint density at radius 3 is 1.38 bits per heavy atom. The van der Waals surface area contributed by atoms with Crippen molar-refractivity contribution in [3.8, 4) is 0 Å². The van der Waals surface area contributed by atoms with Crippen LogP contribution in [-0.2, 0) is 14.3 Å². The molecule has 1 fully saturated rings. The molecule has 0 aliphatic carbocycles. The highest BCUT2D eigenvalue weighted by atomic mass is 16.7. The third-order valence-electron chi connectivity index (χ3n) is 12.6. The summed E-state index contributed by atoms with van der Waals surface area (Å²) in [6.45, 7) is 3.45. The molecule has 8 N–H and O–H groups in total. The predicted octanol–water partition coefficient (Wildman–Crippen LogP) is 9.23. The number of carbonyl (C=O) groups is 1. The average molecular weight is 872 g/mol. The van der Waals surface area contributed by atoms with E-state index >= 15 is 0 Å². The van der Waals surface area contributed by atoms with Crippen molar-refractivity contribution in [3.05, 3.63) is 12.2 Å². The lowest BCUT2D eigenvalue weighted by molar-refractivity contribution is -0.303. The molecule has 0 aromatic rings. The van der Waals surface area contributed by atoms with Crippen molar-refractivity contribution in [2.75, 3.05) is 13.2 Å². The number of aliphatic hydroxyl groups excluding tert-OH is 7. The predicted molar refractivity (Wildman–Crippen MR) is 247 cm³/mol. The first-order valence-electron chi connectivity index (χ1n) is 25.6. The Labute approximate surface area is 372 Å². The van der Waals surface area contributed by atoms with Gasteiger partial charge in [-0.2, -0.15) is 0 Å². The summed E-state index contributed by atoms with van der Waals surface area (Å²) in [4.78, 5) is 13.1. The maximum absolute atomic E-state index is 13.1. The molecule has 1 aliphatic rings. The van der Waals surface area contributed by atoms with E-state index in [4.69, 9.17) is 9.47 Å². The van der Waals surface area contributed by atoms with Gasteiger partial charge in [0.1, 0.15) is 36.6 Å². The van der Waals surface area contributed by atoms with Gasteiger partial charge in [-0.05, 0) is 38.5 Å². The highest BCUT2D eigenvalue weighted by Crippen LogP contribution is 2.23. The number of unbranched alkanes of at least 4 members (excludes halogenated alkanes) is 29. The lowest BCUT2D eigenvalue weighted by atomic mass is 9.98. The molecule has 0 spiro atoms. The molecule has 1 aliphatic heterocycles. The zero-order chi connectivity index (χ0) is 44.8. The second kappa shape index (κ2) is 40.4. The van der Waals surface area contributed by atoms with E-state index in [1.54, 1.807) is 0 Å². The lowest BCUT2D eigenvalue weighted by Crippen LogP contribution is -2.60. The Bertz CT molecular complexity index is 1000. The van der Waals surface area contributed by atoms with Crippen molar-refractivity contribution in [1.29, 1.82) is 0 Å². The van der Waals surface area contributed by atoms with Gasteiger partial charge in [0, 0.05) is 0 Å². The zero-order valence-electron chi connectivity index (χ0n) is 39.2. The van der Waals surface area contributed by atoms with E-state index < -0.39 is 74.2 Å². The third kappa shape index (κ3) is 29.8. The molecule has 9 atom stereocenters. The van der Waals surface area contributed by atoms with Crippen molar-refractivity contribution >= 4 is 5.91 Å². The van der Waals surface area contributed by atoms with Gasteiger partial charge in [0.2, 0.25) is 5.91 Å².